The first-order valence-electron chi connectivity index (χ1n) is 6.95. The lowest BCUT2D eigenvalue weighted by Crippen LogP contribution is -2.15. The number of amides is 1. The van der Waals surface area contributed by atoms with Crippen LogP contribution in [0.2, 0.25) is 10.0 Å². The molecule has 0 spiro atoms. The van der Waals surface area contributed by atoms with Gasteiger partial charge in [0, 0.05) is 10.0 Å². The molecular formula is C15H10Cl2FN5OS. The van der Waals surface area contributed by atoms with Crippen LogP contribution in [0.15, 0.2) is 47.6 Å². The molecule has 0 fully saturated rings. The summed E-state index contributed by atoms with van der Waals surface area (Å²) in [6.07, 6.45) is 0. The Labute approximate surface area is 156 Å². The third kappa shape index (κ3) is 4.47. The number of aromatic nitrogens is 4. The first-order chi connectivity index (χ1) is 12.0. The third-order valence-electron chi connectivity index (χ3n) is 3.03. The summed E-state index contributed by atoms with van der Waals surface area (Å²) in [6.45, 7) is 0. The van der Waals surface area contributed by atoms with E-state index in [1.165, 1.54) is 22.9 Å². The van der Waals surface area contributed by atoms with Crippen molar-refractivity contribution >= 4 is 46.6 Å². The zero-order valence-electron chi connectivity index (χ0n) is 12.5. The van der Waals surface area contributed by atoms with E-state index in [1.807, 2.05) is 0 Å². The summed E-state index contributed by atoms with van der Waals surface area (Å²) in [5.41, 5.74) is 0.689. The molecule has 2 aromatic carbocycles. The molecule has 6 nitrogen and oxygen atoms in total. The lowest BCUT2D eigenvalue weighted by molar-refractivity contribution is -0.113. The fraction of sp³-hybridized carbons (Fsp3) is 0.0667. The monoisotopic (exact) mass is 397 g/mol. The Morgan fingerprint density at radius 2 is 2.00 bits per heavy atom. The number of halogens is 3. The Hall–Kier alpha value is -2.16. The van der Waals surface area contributed by atoms with Gasteiger partial charge in [0.2, 0.25) is 11.1 Å². The highest BCUT2D eigenvalue weighted by atomic mass is 35.5. The second-order valence-corrected chi connectivity index (χ2v) is 6.63. The standard InChI is InChI=1S/C15H10Cl2FN5OS/c16-9-2-1-3-11(6-9)23-15(20-21-22-23)25-8-14(24)19-13-7-10(17)4-5-12(13)18/h1-7H,8H2,(H,19,24). The van der Waals surface area contributed by atoms with Gasteiger partial charge in [-0.15, -0.1) is 5.10 Å². The Balaban J connectivity index is 1.67. The van der Waals surface area contributed by atoms with Crippen LogP contribution in [0.1, 0.15) is 0 Å². The highest BCUT2D eigenvalue weighted by molar-refractivity contribution is 7.99. The van der Waals surface area contributed by atoms with Gasteiger partial charge in [-0.25, -0.2) is 4.39 Å². The van der Waals surface area contributed by atoms with Crippen LogP contribution in [0.3, 0.4) is 0 Å². The molecule has 128 valence electrons. The predicted octanol–water partition coefficient (Wildman–Crippen LogP) is 3.84. The molecule has 3 aromatic rings. The van der Waals surface area contributed by atoms with Crippen molar-refractivity contribution in [2.45, 2.75) is 5.16 Å². The van der Waals surface area contributed by atoms with E-state index in [0.29, 0.717) is 20.9 Å². The highest BCUT2D eigenvalue weighted by Crippen LogP contribution is 2.22. The summed E-state index contributed by atoms with van der Waals surface area (Å²) < 4.78 is 15.1. The smallest absolute Gasteiger partial charge is 0.234 e. The second kappa shape index (κ2) is 7.81. The third-order valence-corrected chi connectivity index (χ3v) is 4.42. The fourth-order valence-corrected chi connectivity index (χ4v) is 3.00. The summed E-state index contributed by atoms with van der Waals surface area (Å²) in [5, 5.41) is 15.1. The van der Waals surface area contributed by atoms with E-state index in [1.54, 1.807) is 24.3 Å². The molecule has 0 radical (unpaired) electrons. The van der Waals surface area contributed by atoms with Crippen molar-refractivity contribution in [2.75, 3.05) is 11.1 Å². The first kappa shape index (κ1) is 17.7. The molecule has 25 heavy (non-hydrogen) atoms. The molecule has 10 heteroatoms. The van der Waals surface area contributed by atoms with Gasteiger partial charge in [-0.05, 0) is 46.8 Å². The van der Waals surface area contributed by atoms with Crippen LogP contribution >= 0.6 is 35.0 Å². The summed E-state index contributed by atoms with van der Waals surface area (Å²) >= 11 is 12.9. The Morgan fingerprint density at radius 1 is 1.20 bits per heavy atom. The van der Waals surface area contributed by atoms with Gasteiger partial charge in [0.1, 0.15) is 5.82 Å². The molecule has 0 bridgehead atoms. The van der Waals surface area contributed by atoms with Gasteiger partial charge in [0.25, 0.3) is 0 Å². The van der Waals surface area contributed by atoms with E-state index in [4.69, 9.17) is 23.2 Å². The quantitative estimate of drug-likeness (QED) is 0.662. The maximum atomic E-state index is 13.6. The van der Waals surface area contributed by atoms with E-state index in [9.17, 15) is 9.18 Å². The first-order valence-corrected chi connectivity index (χ1v) is 8.69. The van der Waals surface area contributed by atoms with Gasteiger partial charge in [-0.2, -0.15) is 4.68 Å². The van der Waals surface area contributed by atoms with Gasteiger partial charge >= 0.3 is 0 Å². The molecule has 0 saturated heterocycles. The van der Waals surface area contributed by atoms with E-state index < -0.39 is 11.7 Å². The molecule has 1 heterocycles. The van der Waals surface area contributed by atoms with Crippen molar-refractivity contribution < 1.29 is 9.18 Å². The molecular weight excluding hydrogens is 388 g/mol. The lowest BCUT2D eigenvalue weighted by atomic mass is 10.3. The topological polar surface area (TPSA) is 72.7 Å². The Bertz CT molecular complexity index is 920. The zero-order valence-corrected chi connectivity index (χ0v) is 14.8. The molecule has 3 rings (SSSR count). The summed E-state index contributed by atoms with van der Waals surface area (Å²) in [4.78, 5) is 12.0. The number of rotatable bonds is 5. The normalized spacial score (nSPS) is 10.7. The molecule has 0 aliphatic carbocycles. The summed E-state index contributed by atoms with van der Waals surface area (Å²) in [5.74, 6) is -0.981. The van der Waals surface area contributed by atoms with Crippen molar-refractivity contribution in [1.29, 1.82) is 0 Å². The van der Waals surface area contributed by atoms with E-state index >= 15 is 0 Å². The molecule has 0 saturated carbocycles. The molecule has 1 amide bonds. The van der Waals surface area contributed by atoms with E-state index in [-0.39, 0.29) is 11.4 Å². The molecule has 1 N–H and O–H groups in total. The number of tetrazole rings is 1. The van der Waals surface area contributed by atoms with Gasteiger partial charge < -0.3 is 5.32 Å². The average Bonchev–Trinajstić information content (AvgIpc) is 3.05. The van der Waals surface area contributed by atoms with Gasteiger partial charge in [-0.1, -0.05) is 41.0 Å². The van der Waals surface area contributed by atoms with E-state index in [0.717, 1.165) is 11.8 Å². The fourth-order valence-electron chi connectivity index (χ4n) is 1.95. The number of anilines is 1. The molecule has 0 aliphatic rings. The number of carbonyl (C=O) groups is 1. The molecule has 0 unspecified atom stereocenters. The number of nitrogens with zero attached hydrogens (tertiary/aromatic N) is 4. The van der Waals surface area contributed by atoms with Crippen LogP contribution in [0.4, 0.5) is 10.1 Å². The number of hydrogen-bond acceptors (Lipinski definition) is 5. The van der Waals surface area contributed by atoms with Crippen molar-refractivity contribution in [2.24, 2.45) is 0 Å². The van der Waals surface area contributed by atoms with Gasteiger partial charge in [0.15, 0.2) is 0 Å². The molecule has 1 aromatic heterocycles. The number of nitrogens with one attached hydrogen (secondary N) is 1. The number of thioether (sulfide) groups is 1. The van der Waals surface area contributed by atoms with Crippen LogP contribution in [-0.4, -0.2) is 31.9 Å². The number of carbonyl (C=O) groups excluding carboxylic acids is 1. The largest absolute Gasteiger partial charge is 0.323 e. The molecule has 0 aliphatic heterocycles. The zero-order chi connectivity index (χ0) is 17.8. The average molecular weight is 398 g/mol. The molecule has 0 atom stereocenters. The van der Waals surface area contributed by atoms with Crippen molar-refractivity contribution in [3.63, 3.8) is 0 Å². The van der Waals surface area contributed by atoms with Gasteiger partial charge in [-0.3, -0.25) is 4.79 Å². The minimum atomic E-state index is -0.563. The maximum Gasteiger partial charge on any atom is 0.234 e. The van der Waals surface area contributed by atoms with Crippen LogP contribution < -0.4 is 5.32 Å². The predicted molar refractivity (Wildman–Crippen MR) is 94.9 cm³/mol. The highest BCUT2D eigenvalue weighted by Gasteiger charge is 2.13. The Morgan fingerprint density at radius 3 is 2.80 bits per heavy atom. The number of benzene rings is 2. The minimum Gasteiger partial charge on any atom is -0.323 e. The van der Waals surface area contributed by atoms with Crippen LogP contribution in [0.5, 0.6) is 0 Å². The van der Waals surface area contributed by atoms with Crippen LogP contribution in [0.25, 0.3) is 5.69 Å². The van der Waals surface area contributed by atoms with Crippen molar-refractivity contribution in [3.05, 3.63) is 58.3 Å². The SMILES string of the molecule is O=C(CSc1nnnn1-c1cccc(Cl)c1)Nc1cc(Cl)ccc1F. The van der Waals surface area contributed by atoms with Crippen molar-refractivity contribution in [1.82, 2.24) is 20.2 Å². The Kier molecular flexibility index (Phi) is 5.52. The van der Waals surface area contributed by atoms with Crippen LogP contribution in [0, 0.1) is 5.82 Å². The van der Waals surface area contributed by atoms with Gasteiger partial charge in [0.05, 0.1) is 17.1 Å². The summed E-state index contributed by atoms with van der Waals surface area (Å²) in [6, 6.07) is 10.9. The second-order valence-electron chi connectivity index (χ2n) is 4.81. The lowest BCUT2D eigenvalue weighted by Gasteiger charge is -2.07. The summed E-state index contributed by atoms with van der Waals surface area (Å²) in [7, 11) is 0. The number of hydrogen-bond donors (Lipinski definition) is 1. The van der Waals surface area contributed by atoms with Crippen LogP contribution in [-0.2, 0) is 4.79 Å². The maximum absolute atomic E-state index is 13.6. The van der Waals surface area contributed by atoms with E-state index in [2.05, 4.69) is 20.8 Å². The van der Waals surface area contributed by atoms with Crippen molar-refractivity contribution in [3.8, 4) is 5.69 Å². The minimum absolute atomic E-state index is 0.00705.